The molecule has 170 valence electrons. The fourth-order valence-corrected chi connectivity index (χ4v) is 3.05. The van der Waals surface area contributed by atoms with E-state index in [1.54, 1.807) is 6.92 Å². The van der Waals surface area contributed by atoms with Crippen LogP contribution in [0.15, 0.2) is 0 Å². The normalized spacial score (nSPS) is 12.9. The van der Waals surface area contributed by atoms with Gasteiger partial charge >= 0.3 is 11.9 Å². The van der Waals surface area contributed by atoms with Crippen LogP contribution in [0.5, 0.6) is 0 Å². The van der Waals surface area contributed by atoms with Gasteiger partial charge in [0, 0.05) is 25.3 Å². The minimum absolute atomic E-state index is 0.0396. The first-order valence-electron chi connectivity index (χ1n) is 9.53. The zero-order valence-corrected chi connectivity index (χ0v) is 18.4. The third kappa shape index (κ3) is 13.2. The Bertz CT molecular complexity index is 631. The Labute approximate surface area is 172 Å². The summed E-state index contributed by atoms with van der Waals surface area (Å²) in [6.45, 7) is 6.05. The first-order valence-corrected chi connectivity index (χ1v) is 11.1. The van der Waals surface area contributed by atoms with E-state index in [0.29, 0.717) is 19.3 Å². The van der Waals surface area contributed by atoms with Crippen molar-refractivity contribution in [1.29, 1.82) is 0 Å². The summed E-state index contributed by atoms with van der Waals surface area (Å²) >= 11 is 0. The summed E-state index contributed by atoms with van der Waals surface area (Å²) < 4.78 is 38.6. The molecule has 0 heterocycles. The molecule has 1 amide bonds. The number of nitrogens with one attached hydrogen (secondary N) is 1. The lowest BCUT2D eigenvalue weighted by molar-refractivity contribution is -0.161. The quantitative estimate of drug-likeness (QED) is 0.212. The van der Waals surface area contributed by atoms with Crippen LogP contribution in [0.3, 0.4) is 0 Å². The van der Waals surface area contributed by atoms with Gasteiger partial charge in [-0.1, -0.05) is 20.8 Å². The van der Waals surface area contributed by atoms with Crippen molar-refractivity contribution in [3.8, 4) is 0 Å². The van der Waals surface area contributed by atoms with Gasteiger partial charge in [-0.3, -0.25) is 13.8 Å². The van der Waals surface area contributed by atoms with Crippen LogP contribution in [0.2, 0.25) is 0 Å². The molecular formula is C18H33NO9S. The van der Waals surface area contributed by atoms with Gasteiger partial charge < -0.3 is 19.9 Å². The smallest absolute Gasteiger partial charge is 0.335 e. The average Bonchev–Trinajstić information content (AvgIpc) is 2.65. The molecule has 0 rings (SSSR count). The van der Waals surface area contributed by atoms with Crippen LogP contribution in [0.25, 0.3) is 0 Å². The van der Waals surface area contributed by atoms with Crippen molar-refractivity contribution in [2.45, 2.75) is 59.5 Å². The van der Waals surface area contributed by atoms with Crippen LogP contribution in [-0.4, -0.2) is 69.6 Å². The monoisotopic (exact) mass is 439 g/mol. The molecule has 0 aliphatic rings. The van der Waals surface area contributed by atoms with Crippen LogP contribution < -0.4 is 5.32 Å². The van der Waals surface area contributed by atoms with Crippen molar-refractivity contribution in [3.63, 3.8) is 0 Å². The zero-order valence-electron chi connectivity index (χ0n) is 17.6. The molecule has 0 saturated carbocycles. The molecule has 0 aromatic rings. The Morgan fingerprint density at radius 3 is 2.21 bits per heavy atom. The maximum absolute atomic E-state index is 12.0. The molecule has 10 nitrogen and oxygen atoms in total. The van der Waals surface area contributed by atoms with E-state index in [-0.39, 0.29) is 43.8 Å². The minimum Gasteiger partial charge on any atom is -0.466 e. The van der Waals surface area contributed by atoms with E-state index in [1.807, 2.05) is 0 Å². The van der Waals surface area contributed by atoms with E-state index in [1.165, 1.54) is 20.8 Å². The molecule has 11 heteroatoms. The zero-order chi connectivity index (χ0) is 22.5. The molecule has 1 atom stereocenters. The Morgan fingerprint density at radius 1 is 1.07 bits per heavy atom. The molecule has 0 unspecified atom stereocenters. The summed E-state index contributed by atoms with van der Waals surface area (Å²) in [5.74, 6) is -1.74. The Morgan fingerprint density at radius 2 is 1.66 bits per heavy atom. The maximum atomic E-state index is 12.0. The summed E-state index contributed by atoms with van der Waals surface area (Å²) in [5, 5.41) is 12.6. The highest BCUT2D eigenvalue weighted by atomic mass is 32.2. The summed E-state index contributed by atoms with van der Waals surface area (Å²) in [4.78, 5) is 33.7. The fourth-order valence-electron chi connectivity index (χ4n) is 1.96. The predicted octanol–water partition coefficient (Wildman–Crippen LogP) is 0.523. The lowest BCUT2D eigenvalue weighted by Crippen LogP contribution is -2.41. The van der Waals surface area contributed by atoms with Crippen molar-refractivity contribution >= 4 is 28.0 Å². The molecule has 0 aromatic heterocycles. The highest BCUT2D eigenvalue weighted by molar-refractivity contribution is 7.86. The van der Waals surface area contributed by atoms with Crippen LogP contribution >= 0.6 is 0 Å². The van der Waals surface area contributed by atoms with Crippen molar-refractivity contribution < 1.29 is 41.6 Å². The van der Waals surface area contributed by atoms with Gasteiger partial charge in [0.25, 0.3) is 10.1 Å². The van der Waals surface area contributed by atoms with E-state index in [0.717, 1.165) is 0 Å². The summed E-state index contributed by atoms with van der Waals surface area (Å²) in [6.07, 6.45) is -0.132. The maximum Gasteiger partial charge on any atom is 0.335 e. The number of unbranched alkanes of at least 4 members (excludes halogenated alkanes) is 1. The van der Waals surface area contributed by atoms with Crippen molar-refractivity contribution in [1.82, 2.24) is 5.32 Å². The van der Waals surface area contributed by atoms with Crippen LogP contribution in [-0.2, 0) is 38.2 Å². The number of aliphatic hydroxyl groups excluding tert-OH is 1. The average molecular weight is 440 g/mol. The molecule has 0 spiro atoms. The number of rotatable bonds is 15. The molecule has 0 radical (unpaired) electrons. The predicted molar refractivity (Wildman–Crippen MR) is 104 cm³/mol. The Kier molecular flexibility index (Phi) is 12.7. The largest absolute Gasteiger partial charge is 0.466 e. The highest BCUT2D eigenvalue weighted by Crippen LogP contribution is 2.23. The lowest BCUT2D eigenvalue weighted by Gasteiger charge is -2.28. The Balaban J connectivity index is 4.24. The van der Waals surface area contributed by atoms with E-state index in [2.05, 4.69) is 5.32 Å². The number of amides is 1. The van der Waals surface area contributed by atoms with Crippen LogP contribution in [0.4, 0.5) is 0 Å². The molecule has 0 aromatic carbocycles. The molecule has 0 aliphatic heterocycles. The van der Waals surface area contributed by atoms with E-state index < -0.39 is 34.2 Å². The number of ether oxygens (including phenoxy) is 2. The molecular weight excluding hydrogens is 406 g/mol. The summed E-state index contributed by atoms with van der Waals surface area (Å²) in [7, 11) is -3.86. The molecule has 2 N–H and O–H groups in total. The second kappa shape index (κ2) is 13.5. The molecule has 0 fully saturated rings. The second-order valence-corrected chi connectivity index (χ2v) is 8.96. The van der Waals surface area contributed by atoms with E-state index >= 15 is 0 Å². The van der Waals surface area contributed by atoms with E-state index in [4.69, 9.17) is 13.7 Å². The molecule has 0 aliphatic carbocycles. The third-order valence-corrected chi connectivity index (χ3v) is 5.12. The number of aliphatic hydroxyl groups is 1. The minimum atomic E-state index is -3.86. The van der Waals surface area contributed by atoms with Gasteiger partial charge in [0.2, 0.25) is 5.91 Å². The first-order chi connectivity index (χ1) is 13.4. The first kappa shape index (κ1) is 27.3. The van der Waals surface area contributed by atoms with E-state index in [9.17, 15) is 27.9 Å². The molecule has 29 heavy (non-hydrogen) atoms. The van der Waals surface area contributed by atoms with Gasteiger partial charge in [0.1, 0.15) is 0 Å². The second-order valence-electron chi connectivity index (χ2n) is 7.20. The number of hydrogen-bond acceptors (Lipinski definition) is 9. The number of esters is 2. The third-order valence-electron chi connectivity index (χ3n) is 3.85. The Hall–Kier alpha value is -1.72. The van der Waals surface area contributed by atoms with Crippen molar-refractivity contribution in [2.24, 2.45) is 5.41 Å². The lowest BCUT2D eigenvalue weighted by atomic mass is 9.88. The van der Waals surface area contributed by atoms with Crippen molar-refractivity contribution in [3.05, 3.63) is 0 Å². The van der Waals surface area contributed by atoms with Crippen LogP contribution in [0.1, 0.15) is 53.4 Å². The van der Waals surface area contributed by atoms with Crippen molar-refractivity contribution in [2.75, 3.05) is 32.1 Å². The van der Waals surface area contributed by atoms with Crippen LogP contribution in [0, 0.1) is 5.41 Å². The van der Waals surface area contributed by atoms with Gasteiger partial charge in [-0.15, -0.1) is 0 Å². The van der Waals surface area contributed by atoms with Gasteiger partial charge in [0.15, 0.2) is 6.10 Å². The van der Waals surface area contributed by atoms with Gasteiger partial charge in [-0.25, -0.2) is 4.79 Å². The fraction of sp³-hybridized carbons (Fsp3) is 0.833. The summed E-state index contributed by atoms with van der Waals surface area (Å²) in [5.41, 5.74) is -1.20. The standard InChI is InChI=1S/C18H33NO9S/c1-5-15(21)26-10-6-7-11-27-17(23)16(22)18(3,4)13-28-29(24,25)12-8-9-19-14(2)20/h16,22H,5-13H2,1-4H3,(H,19,20)/t16-/m0/s1. The highest BCUT2D eigenvalue weighted by Gasteiger charge is 2.36. The van der Waals surface area contributed by atoms with Gasteiger partial charge in [0.05, 0.1) is 25.6 Å². The summed E-state index contributed by atoms with van der Waals surface area (Å²) in [6, 6.07) is 0. The number of carbonyl (C=O) groups excluding carboxylic acids is 3. The number of carbonyl (C=O) groups is 3. The topological polar surface area (TPSA) is 145 Å². The number of hydrogen-bond donors (Lipinski definition) is 2. The van der Waals surface area contributed by atoms with Gasteiger partial charge in [-0.05, 0) is 19.3 Å². The van der Waals surface area contributed by atoms with Gasteiger partial charge in [-0.2, -0.15) is 8.42 Å². The molecule has 0 bridgehead atoms. The molecule has 0 saturated heterocycles. The SMILES string of the molecule is CCC(=O)OCCCCOC(=O)[C@H](O)C(C)(C)COS(=O)(=O)CCCNC(C)=O.